The summed E-state index contributed by atoms with van der Waals surface area (Å²) in [6.07, 6.45) is 1.60. The molecule has 9 heteroatoms. The van der Waals surface area contributed by atoms with Gasteiger partial charge in [-0.3, -0.25) is 4.79 Å². The smallest absolute Gasteiger partial charge is 0.269 e. The monoisotopic (exact) mass is 457 g/mol. The van der Waals surface area contributed by atoms with E-state index in [2.05, 4.69) is 25.9 Å². The van der Waals surface area contributed by atoms with Gasteiger partial charge in [0.25, 0.3) is 5.56 Å². The molecule has 0 atom stereocenters. The number of hydrogen-bond donors (Lipinski definition) is 1. The van der Waals surface area contributed by atoms with Gasteiger partial charge in [-0.1, -0.05) is 6.07 Å². The second-order valence-electron chi connectivity index (χ2n) is 6.38. The van der Waals surface area contributed by atoms with Gasteiger partial charge in [-0.15, -0.1) is 0 Å². The van der Waals surface area contributed by atoms with Crippen LogP contribution in [-0.2, 0) is 13.2 Å². The predicted molar refractivity (Wildman–Crippen MR) is 109 cm³/mol. The molecule has 0 fully saturated rings. The van der Waals surface area contributed by atoms with E-state index in [1.165, 1.54) is 16.7 Å². The first kappa shape index (κ1) is 20.5. The Kier molecular flexibility index (Phi) is 5.94. The van der Waals surface area contributed by atoms with E-state index in [0.717, 1.165) is 6.07 Å². The molecule has 3 rings (SSSR count). The highest BCUT2D eigenvalue weighted by Gasteiger charge is 2.15. The van der Waals surface area contributed by atoms with Crippen LogP contribution in [0.3, 0.4) is 0 Å². The van der Waals surface area contributed by atoms with Crippen LogP contribution in [0.25, 0.3) is 0 Å². The van der Waals surface area contributed by atoms with E-state index in [1.807, 2.05) is 6.07 Å². The molecule has 0 aliphatic rings. The molecule has 148 valence electrons. The molecule has 29 heavy (non-hydrogen) atoms. The van der Waals surface area contributed by atoms with Crippen molar-refractivity contribution in [2.45, 2.75) is 27.0 Å². The van der Waals surface area contributed by atoms with Crippen molar-refractivity contribution in [1.29, 1.82) is 5.26 Å². The van der Waals surface area contributed by atoms with E-state index in [0.29, 0.717) is 34.2 Å². The third-order valence-electron chi connectivity index (χ3n) is 4.34. The Bertz CT molecular complexity index is 1190. The van der Waals surface area contributed by atoms with E-state index < -0.39 is 5.82 Å². The quantitative estimate of drug-likeness (QED) is 0.629. The van der Waals surface area contributed by atoms with Gasteiger partial charge in [0.05, 0.1) is 18.2 Å². The first-order valence-electron chi connectivity index (χ1n) is 8.59. The number of aryl methyl sites for hydroxylation is 2. The Labute approximate surface area is 174 Å². The fraction of sp³-hybridized carbons (Fsp3) is 0.200. The fourth-order valence-corrected chi connectivity index (χ4v) is 3.20. The van der Waals surface area contributed by atoms with Gasteiger partial charge in [-0.2, -0.15) is 5.26 Å². The minimum absolute atomic E-state index is 0.0173. The lowest BCUT2D eigenvalue weighted by Crippen LogP contribution is -2.25. The number of rotatable bonds is 5. The van der Waals surface area contributed by atoms with Crippen LogP contribution in [0.1, 0.15) is 28.2 Å². The molecule has 0 aliphatic carbocycles. The van der Waals surface area contributed by atoms with E-state index in [1.54, 1.807) is 26.1 Å². The molecule has 1 aromatic carbocycles. The van der Waals surface area contributed by atoms with Crippen molar-refractivity contribution < 1.29 is 9.13 Å². The summed E-state index contributed by atoms with van der Waals surface area (Å²) in [6, 6.07) is 7.52. The topological polar surface area (TPSA) is 107 Å². The van der Waals surface area contributed by atoms with Crippen molar-refractivity contribution in [3.63, 3.8) is 0 Å². The summed E-state index contributed by atoms with van der Waals surface area (Å²) >= 11 is 3.28. The highest BCUT2D eigenvalue weighted by Crippen LogP contribution is 2.25. The van der Waals surface area contributed by atoms with E-state index in [4.69, 9.17) is 15.7 Å². The van der Waals surface area contributed by atoms with Crippen LogP contribution >= 0.6 is 15.9 Å². The lowest BCUT2D eigenvalue weighted by molar-refractivity contribution is 0.302. The number of nitrogens with two attached hydrogens (primary N) is 1. The summed E-state index contributed by atoms with van der Waals surface area (Å²) in [5.74, 6) is 0.702. The Hall–Kier alpha value is -3.25. The fourth-order valence-electron chi connectivity index (χ4n) is 2.76. The van der Waals surface area contributed by atoms with Crippen molar-refractivity contribution in [3.05, 3.63) is 79.3 Å². The molecule has 0 saturated heterocycles. The van der Waals surface area contributed by atoms with Crippen LogP contribution in [0, 0.1) is 31.0 Å². The van der Waals surface area contributed by atoms with Crippen molar-refractivity contribution in [2.24, 2.45) is 0 Å². The molecule has 0 unspecified atom stereocenters. The van der Waals surface area contributed by atoms with Gasteiger partial charge in [0.15, 0.2) is 0 Å². The summed E-state index contributed by atoms with van der Waals surface area (Å²) in [5, 5.41) is 9.14. The number of nitrogens with zero attached hydrogens (tertiary/aromatic N) is 4. The van der Waals surface area contributed by atoms with Crippen LogP contribution in [-0.4, -0.2) is 14.5 Å². The maximum absolute atomic E-state index is 13.3. The van der Waals surface area contributed by atoms with Gasteiger partial charge in [0.2, 0.25) is 0 Å². The highest BCUT2D eigenvalue weighted by atomic mass is 79.9. The number of hydrogen-bond acceptors (Lipinski definition) is 6. The maximum Gasteiger partial charge on any atom is 0.269 e. The molecule has 2 aromatic heterocycles. The summed E-state index contributed by atoms with van der Waals surface area (Å²) in [6.45, 7) is 3.74. The molecule has 0 aliphatic heterocycles. The second-order valence-corrected chi connectivity index (χ2v) is 7.18. The average molecular weight is 458 g/mol. The number of aromatic nitrogens is 3. The van der Waals surface area contributed by atoms with Gasteiger partial charge in [0, 0.05) is 29.1 Å². The maximum atomic E-state index is 13.3. The molecule has 0 saturated carbocycles. The molecule has 0 amide bonds. The van der Waals surface area contributed by atoms with Gasteiger partial charge < -0.3 is 15.0 Å². The average Bonchev–Trinajstić information content (AvgIpc) is 2.69. The number of ether oxygens (including phenoxy) is 1. The molecule has 3 aromatic rings. The minimum Gasteiger partial charge on any atom is -0.487 e. The Balaban J connectivity index is 1.88. The Morgan fingerprint density at radius 2 is 2.07 bits per heavy atom. The molecule has 7 nitrogen and oxygen atoms in total. The standard InChI is InChI=1S/C20H17BrFN5O2/c1-11-5-17(29-10-13-3-4-16(22)6-14(13)7-23)18(21)20(28)27(11)9-15-8-25-12(2)26-19(15)24/h3-6,8H,9-10H2,1-2H3,(H2,24,25,26). The summed E-state index contributed by atoms with van der Waals surface area (Å²) in [7, 11) is 0. The van der Waals surface area contributed by atoms with E-state index in [9.17, 15) is 9.18 Å². The van der Waals surface area contributed by atoms with Crippen LogP contribution < -0.4 is 16.0 Å². The largest absolute Gasteiger partial charge is 0.487 e. The number of benzene rings is 1. The summed E-state index contributed by atoms with van der Waals surface area (Å²) in [5.41, 5.74) is 7.60. The van der Waals surface area contributed by atoms with Crippen molar-refractivity contribution in [2.75, 3.05) is 5.73 Å². The van der Waals surface area contributed by atoms with Crippen LogP contribution in [0.2, 0.25) is 0 Å². The lowest BCUT2D eigenvalue weighted by atomic mass is 10.1. The van der Waals surface area contributed by atoms with E-state index in [-0.39, 0.29) is 28.7 Å². The number of nitriles is 1. The number of pyridine rings is 1. The van der Waals surface area contributed by atoms with Crippen molar-refractivity contribution >= 4 is 21.7 Å². The summed E-state index contributed by atoms with van der Waals surface area (Å²) in [4.78, 5) is 21.1. The van der Waals surface area contributed by atoms with Crippen molar-refractivity contribution in [3.8, 4) is 11.8 Å². The zero-order valence-electron chi connectivity index (χ0n) is 15.7. The zero-order valence-corrected chi connectivity index (χ0v) is 17.3. The molecule has 0 spiro atoms. The lowest BCUT2D eigenvalue weighted by Gasteiger charge is -2.15. The first-order chi connectivity index (χ1) is 13.8. The van der Waals surface area contributed by atoms with Crippen molar-refractivity contribution in [1.82, 2.24) is 14.5 Å². The number of anilines is 1. The minimum atomic E-state index is -0.496. The van der Waals surface area contributed by atoms with E-state index >= 15 is 0 Å². The number of halogens is 2. The second kappa shape index (κ2) is 8.41. The van der Waals surface area contributed by atoms with Gasteiger partial charge in [0.1, 0.15) is 34.3 Å². The van der Waals surface area contributed by atoms with Gasteiger partial charge in [-0.05, 0) is 41.9 Å². The van der Waals surface area contributed by atoms with Crippen LogP contribution in [0.5, 0.6) is 5.75 Å². The van der Waals surface area contributed by atoms with Gasteiger partial charge >= 0.3 is 0 Å². The molecule has 2 N–H and O–H groups in total. The third-order valence-corrected chi connectivity index (χ3v) is 5.07. The molecular formula is C20H17BrFN5O2. The first-order valence-corrected chi connectivity index (χ1v) is 9.38. The van der Waals surface area contributed by atoms with Gasteiger partial charge in [-0.25, -0.2) is 14.4 Å². The highest BCUT2D eigenvalue weighted by molar-refractivity contribution is 9.10. The van der Waals surface area contributed by atoms with Crippen LogP contribution in [0.4, 0.5) is 10.2 Å². The molecular weight excluding hydrogens is 441 g/mol. The van der Waals surface area contributed by atoms with Crippen LogP contribution in [0.15, 0.2) is 39.7 Å². The SMILES string of the molecule is Cc1ncc(Cn2c(C)cc(OCc3ccc(F)cc3C#N)c(Br)c2=O)c(N)n1. The third kappa shape index (κ3) is 4.43. The summed E-state index contributed by atoms with van der Waals surface area (Å²) < 4.78 is 20.8. The normalized spacial score (nSPS) is 10.6. The molecule has 2 heterocycles. The zero-order chi connectivity index (χ0) is 21.1. The Morgan fingerprint density at radius 1 is 1.31 bits per heavy atom. The predicted octanol–water partition coefficient (Wildman–Crippen LogP) is 3.24. The Morgan fingerprint density at radius 3 is 2.76 bits per heavy atom. The number of nitrogen functional groups attached to an aromatic ring is 1. The molecule has 0 radical (unpaired) electrons. The molecule has 0 bridgehead atoms.